The molecule has 4 aromatic rings. The number of hydrogen-bond acceptors (Lipinski definition) is 5. The Hall–Kier alpha value is -3.61. The number of rotatable bonds is 5. The first kappa shape index (κ1) is 18.4. The van der Waals surface area contributed by atoms with Crippen molar-refractivity contribution in [1.82, 2.24) is 29.4 Å². The van der Waals surface area contributed by atoms with Gasteiger partial charge >= 0.3 is 0 Å². The first-order valence-corrected chi connectivity index (χ1v) is 10.2. The minimum atomic E-state index is 0.0253. The van der Waals surface area contributed by atoms with Crippen LogP contribution in [-0.4, -0.2) is 48.4 Å². The maximum atomic E-state index is 13.0. The molecule has 0 spiro atoms. The van der Waals surface area contributed by atoms with Gasteiger partial charge in [0.1, 0.15) is 5.52 Å². The Morgan fingerprint density at radius 2 is 2.03 bits per heavy atom. The summed E-state index contributed by atoms with van der Waals surface area (Å²) in [6.07, 6.45) is 10.8. The normalized spacial score (nSPS) is 16.3. The molecule has 0 aliphatic carbocycles. The number of amides is 1. The molecule has 4 aromatic heterocycles. The molecule has 0 bridgehead atoms. The average Bonchev–Trinajstić information content (AvgIpc) is 3.42. The minimum absolute atomic E-state index is 0.0253. The van der Waals surface area contributed by atoms with Crippen LogP contribution in [0.25, 0.3) is 11.2 Å². The Morgan fingerprint density at radius 1 is 1.07 bits per heavy atom. The molecule has 1 atom stereocenters. The van der Waals surface area contributed by atoms with E-state index in [4.69, 9.17) is 0 Å². The fourth-order valence-corrected chi connectivity index (χ4v) is 4.07. The Kier molecular flexibility index (Phi) is 4.93. The van der Waals surface area contributed by atoms with Gasteiger partial charge in [0.05, 0.1) is 24.1 Å². The van der Waals surface area contributed by atoms with Crippen molar-refractivity contribution in [2.45, 2.75) is 19.4 Å². The number of nitrogens with zero attached hydrogens (tertiary/aromatic N) is 6. The van der Waals surface area contributed by atoms with Gasteiger partial charge in [-0.15, -0.1) is 0 Å². The topological polar surface area (TPSA) is 76.8 Å². The van der Waals surface area contributed by atoms with Crippen molar-refractivity contribution >= 4 is 17.1 Å². The summed E-state index contributed by atoms with van der Waals surface area (Å²) in [6, 6.07) is 11.7. The highest BCUT2D eigenvalue weighted by atomic mass is 16.2. The molecule has 7 nitrogen and oxygen atoms in total. The summed E-state index contributed by atoms with van der Waals surface area (Å²) < 4.78 is 1.95. The van der Waals surface area contributed by atoms with E-state index in [1.807, 2.05) is 46.0 Å². The third-order valence-corrected chi connectivity index (χ3v) is 5.58. The highest BCUT2D eigenvalue weighted by Crippen LogP contribution is 2.23. The SMILES string of the molecule is O=C(c1cnc2c(c1)ncn2Cc1ccccn1)N1CCC(Cc2cccnc2)C1. The number of carbonyl (C=O) groups excluding carboxylic acids is 1. The molecule has 1 aliphatic rings. The van der Waals surface area contributed by atoms with Crippen LogP contribution in [0.4, 0.5) is 0 Å². The van der Waals surface area contributed by atoms with Gasteiger partial charge in [0.15, 0.2) is 5.65 Å². The quantitative estimate of drug-likeness (QED) is 0.517. The van der Waals surface area contributed by atoms with Crippen LogP contribution in [0.5, 0.6) is 0 Å². The number of aromatic nitrogens is 5. The monoisotopic (exact) mass is 398 g/mol. The molecule has 1 fully saturated rings. The van der Waals surface area contributed by atoms with Crippen LogP contribution in [0.2, 0.25) is 0 Å². The van der Waals surface area contributed by atoms with Crippen molar-refractivity contribution in [2.24, 2.45) is 5.92 Å². The molecule has 7 heteroatoms. The van der Waals surface area contributed by atoms with E-state index < -0.39 is 0 Å². The lowest BCUT2D eigenvalue weighted by atomic mass is 10.0. The van der Waals surface area contributed by atoms with Gasteiger partial charge in [0.2, 0.25) is 0 Å². The molecule has 30 heavy (non-hydrogen) atoms. The Balaban J connectivity index is 1.28. The van der Waals surface area contributed by atoms with Crippen LogP contribution in [0.1, 0.15) is 28.0 Å². The number of imidazole rings is 1. The smallest absolute Gasteiger partial charge is 0.255 e. The highest BCUT2D eigenvalue weighted by molar-refractivity contribution is 5.96. The average molecular weight is 398 g/mol. The highest BCUT2D eigenvalue weighted by Gasteiger charge is 2.27. The molecule has 0 radical (unpaired) electrons. The van der Waals surface area contributed by atoms with Gasteiger partial charge in [-0.25, -0.2) is 9.97 Å². The van der Waals surface area contributed by atoms with E-state index in [1.54, 1.807) is 24.9 Å². The summed E-state index contributed by atoms with van der Waals surface area (Å²) >= 11 is 0. The Morgan fingerprint density at radius 3 is 2.87 bits per heavy atom. The summed E-state index contributed by atoms with van der Waals surface area (Å²) in [7, 11) is 0. The zero-order valence-corrected chi connectivity index (χ0v) is 16.6. The lowest BCUT2D eigenvalue weighted by Crippen LogP contribution is -2.29. The summed E-state index contributed by atoms with van der Waals surface area (Å²) in [6.45, 7) is 2.13. The van der Waals surface area contributed by atoms with Crippen LogP contribution < -0.4 is 0 Å². The van der Waals surface area contributed by atoms with Crippen molar-refractivity contribution in [3.05, 3.63) is 84.3 Å². The van der Waals surface area contributed by atoms with Gasteiger partial charge in [0, 0.05) is 37.9 Å². The van der Waals surface area contributed by atoms with Crippen LogP contribution in [0.15, 0.2) is 67.5 Å². The molecule has 1 unspecified atom stereocenters. The van der Waals surface area contributed by atoms with E-state index in [9.17, 15) is 4.79 Å². The molecule has 5 rings (SSSR count). The van der Waals surface area contributed by atoms with E-state index in [0.717, 1.165) is 42.8 Å². The van der Waals surface area contributed by atoms with E-state index in [2.05, 4.69) is 26.0 Å². The predicted molar refractivity (Wildman–Crippen MR) is 113 cm³/mol. The van der Waals surface area contributed by atoms with Gasteiger partial charge in [-0.1, -0.05) is 12.1 Å². The van der Waals surface area contributed by atoms with Gasteiger partial charge in [-0.2, -0.15) is 0 Å². The summed E-state index contributed by atoms with van der Waals surface area (Å²) in [5.74, 6) is 0.491. The summed E-state index contributed by atoms with van der Waals surface area (Å²) in [5, 5.41) is 0. The standard InChI is InChI=1S/C23H22N6O/c30-23(28-9-6-18(14-28)10-17-4-3-7-24-12-17)19-11-21-22(26-13-19)29(16-27-21)15-20-5-1-2-8-25-20/h1-5,7-8,11-13,16,18H,6,9-10,14-15H2. The second-order valence-corrected chi connectivity index (χ2v) is 7.73. The lowest BCUT2D eigenvalue weighted by Gasteiger charge is -2.16. The van der Waals surface area contributed by atoms with Crippen LogP contribution in [0, 0.1) is 5.92 Å². The van der Waals surface area contributed by atoms with Gasteiger partial charge in [0.25, 0.3) is 5.91 Å². The third-order valence-electron chi connectivity index (χ3n) is 5.58. The van der Waals surface area contributed by atoms with Crippen LogP contribution in [0.3, 0.4) is 0 Å². The van der Waals surface area contributed by atoms with E-state index in [-0.39, 0.29) is 5.91 Å². The van der Waals surface area contributed by atoms with Gasteiger partial charge < -0.3 is 9.47 Å². The molecular formula is C23H22N6O. The molecule has 0 aromatic carbocycles. The van der Waals surface area contributed by atoms with Crippen molar-refractivity contribution in [1.29, 1.82) is 0 Å². The van der Waals surface area contributed by atoms with Crippen molar-refractivity contribution < 1.29 is 4.79 Å². The molecule has 5 heterocycles. The van der Waals surface area contributed by atoms with Gasteiger partial charge in [-0.3, -0.25) is 14.8 Å². The molecule has 0 N–H and O–H groups in total. The molecule has 1 aliphatic heterocycles. The first-order chi connectivity index (χ1) is 14.8. The second kappa shape index (κ2) is 8.02. The Labute approximate surface area is 174 Å². The maximum Gasteiger partial charge on any atom is 0.255 e. The Bertz CT molecular complexity index is 1160. The van der Waals surface area contributed by atoms with Gasteiger partial charge in [-0.05, 0) is 48.6 Å². The van der Waals surface area contributed by atoms with E-state index in [1.165, 1.54) is 5.56 Å². The number of pyridine rings is 3. The fraction of sp³-hybridized carbons (Fsp3) is 0.261. The number of fused-ring (bicyclic) bond motifs is 1. The minimum Gasteiger partial charge on any atom is -0.338 e. The third kappa shape index (κ3) is 3.78. The molecule has 0 saturated carbocycles. The predicted octanol–water partition coefficient (Wildman–Crippen LogP) is 2.97. The van der Waals surface area contributed by atoms with Crippen molar-refractivity contribution in [3.63, 3.8) is 0 Å². The molecule has 1 amide bonds. The maximum absolute atomic E-state index is 13.0. The number of carbonyl (C=O) groups is 1. The fourth-order valence-electron chi connectivity index (χ4n) is 4.07. The second-order valence-electron chi connectivity index (χ2n) is 7.73. The summed E-state index contributed by atoms with van der Waals surface area (Å²) in [5.41, 5.74) is 4.23. The van der Waals surface area contributed by atoms with Crippen molar-refractivity contribution in [3.8, 4) is 0 Å². The molecule has 1 saturated heterocycles. The zero-order valence-electron chi connectivity index (χ0n) is 16.6. The van der Waals surface area contributed by atoms with E-state index >= 15 is 0 Å². The number of likely N-dealkylation sites (tertiary alicyclic amines) is 1. The molecular weight excluding hydrogens is 376 g/mol. The molecule has 150 valence electrons. The summed E-state index contributed by atoms with van der Waals surface area (Å²) in [4.78, 5) is 32.5. The van der Waals surface area contributed by atoms with Crippen molar-refractivity contribution in [2.75, 3.05) is 13.1 Å². The van der Waals surface area contributed by atoms with E-state index in [0.29, 0.717) is 18.0 Å². The number of hydrogen-bond donors (Lipinski definition) is 0. The largest absolute Gasteiger partial charge is 0.338 e. The van der Waals surface area contributed by atoms with Crippen LogP contribution >= 0.6 is 0 Å². The van der Waals surface area contributed by atoms with Crippen LogP contribution in [-0.2, 0) is 13.0 Å². The lowest BCUT2D eigenvalue weighted by molar-refractivity contribution is 0.0787. The zero-order chi connectivity index (χ0) is 20.3. The first-order valence-electron chi connectivity index (χ1n) is 10.2.